The van der Waals surface area contributed by atoms with Crippen molar-refractivity contribution in [2.45, 2.75) is 96.9 Å². The maximum atomic E-state index is 5.02. The molecule has 2 nitrogen and oxygen atoms in total. The van der Waals surface area contributed by atoms with Gasteiger partial charge in [-0.2, -0.15) is 0 Å². The van der Waals surface area contributed by atoms with Crippen LogP contribution in [0.1, 0.15) is 83.3 Å². The summed E-state index contributed by atoms with van der Waals surface area (Å²) >= 11 is 0. The molecule has 0 aromatic heterocycles. The summed E-state index contributed by atoms with van der Waals surface area (Å²) in [6.07, 6.45) is 4.36. The van der Waals surface area contributed by atoms with Crippen molar-refractivity contribution in [1.82, 2.24) is 0 Å². The third-order valence-electron chi connectivity index (χ3n) is 7.97. The maximum absolute atomic E-state index is 5.02. The van der Waals surface area contributed by atoms with Gasteiger partial charge in [0.25, 0.3) is 0 Å². The average Bonchev–Trinajstić information content (AvgIpc) is 2.79. The molecule has 2 aromatic carbocycles. The highest BCUT2D eigenvalue weighted by Crippen LogP contribution is 2.34. The van der Waals surface area contributed by atoms with E-state index >= 15 is 0 Å². The van der Waals surface area contributed by atoms with Crippen molar-refractivity contribution in [2.75, 3.05) is 0 Å². The number of benzene rings is 2. The van der Waals surface area contributed by atoms with Crippen LogP contribution >= 0.6 is 0 Å². The van der Waals surface area contributed by atoms with Gasteiger partial charge in [-0.15, -0.1) is 0 Å². The van der Waals surface area contributed by atoms with E-state index in [1.165, 1.54) is 66.8 Å². The Hall–Kier alpha value is -2.74. The van der Waals surface area contributed by atoms with E-state index in [0.717, 1.165) is 22.8 Å². The largest absolute Gasteiger partial charge is 0.253 e. The molecule has 0 aliphatic carbocycles. The van der Waals surface area contributed by atoms with Gasteiger partial charge in [-0.25, -0.2) is 0 Å². The molecule has 0 aliphatic rings. The summed E-state index contributed by atoms with van der Waals surface area (Å²) in [7, 11) is 0. The summed E-state index contributed by atoms with van der Waals surface area (Å²) in [5.74, 6) is 0. The molecule has 2 heteroatoms. The molecule has 0 aliphatic heterocycles. The topological polar surface area (TPSA) is 24.7 Å². The van der Waals surface area contributed by atoms with Crippen LogP contribution in [0.5, 0.6) is 0 Å². The van der Waals surface area contributed by atoms with Crippen LogP contribution in [-0.2, 0) is 0 Å². The number of aliphatic imine (C=N–C) groups is 2. The Labute approximate surface area is 208 Å². The van der Waals surface area contributed by atoms with Crippen molar-refractivity contribution in [3.05, 3.63) is 78.9 Å². The summed E-state index contributed by atoms with van der Waals surface area (Å²) in [6.45, 7) is 30.4. The molecule has 0 unspecified atom stereocenters. The molecule has 0 radical (unpaired) electrons. The fourth-order valence-corrected chi connectivity index (χ4v) is 4.57. The molecule has 0 saturated carbocycles. The second-order valence-electron chi connectivity index (χ2n) is 10.1. The number of rotatable bonds is 5. The Balaban J connectivity index is 2.44. The highest BCUT2D eigenvalue weighted by Gasteiger charge is 2.13. The number of hydrogen-bond donors (Lipinski definition) is 0. The lowest BCUT2D eigenvalue weighted by atomic mass is 9.93. The Morgan fingerprint density at radius 1 is 0.382 bits per heavy atom. The van der Waals surface area contributed by atoms with Gasteiger partial charge in [-0.1, -0.05) is 0 Å². The van der Waals surface area contributed by atoms with E-state index in [0.29, 0.717) is 0 Å². The van der Waals surface area contributed by atoms with Gasteiger partial charge in [-0.05, 0) is 176 Å². The molecule has 2 aromatic rings. The molecule has 34 heavy (non-hydrogen) atoms. The van der Waals surface area contributed by atoms with Gasteiger partial charge >= 0.3 is 0 Å². The van der Waals surface area contributed by atoms with Gasteiger partial charge in [0.15, 0.2) is 0 Å². The summed E-state index contributed by atoms with van der Waals surface area (Å²) in [5.41, 5.74) is 19.9. The van der Waals surface area contributed by atoms with Gasteiger partial charge in [0.2, 0.25) is 0 Å². The van der Waals surface area contributed by atoms with Crippen molar-refractivity contribution in [1.29, 1.82) is 0 Å². The minimum Gasteiger partial charge on any atom is -0.253 e. The van der Waals surface area contributed by atoms with Crippen molar-refractivity contribution in [3.8, 4) is 0 Å². The highest BCUT2D eigenvalue weighted by atomic mass is 14.8. The maximum Gasteiger partial charge on any atom is 0.0696 e. The fourth-order valence-electron chi connectivity index (χ4n) is 4.57. The first-order chi connectivity index (χ1) is 15.7. The number of allylic oxidation sites excluding steroid dienone is 4. The first-order valence-corrected chi connectivity index (χ1v) is 12.3. The lowest BCUT2D eigenvalue weighted by Crippen LogP contribution is -1.98. The predicted molar refractivity (Wildman–Crippen MR) is 153 cm³/mol. The smallest absolute Gasteiger partial charge is 0.0696 e. The van der Waals surface area contributed by atoms with E-state index in [4.69, 9.17) is 9.98 Å². The van der Waals surface area contributed by atoms with Crippen molar-refractivity contribution in [2.24, 2.45) is 9.98 Å². The fraction of sp³-hybridized carbons (Fsp3) is 0.438. The highest BCUT2D eigenvalue weighted by molar-refractivity contribution is 5.98. The van der Waals surface area contributed by atoms with Crippen molar-refractivity contribution in [3.63, 3.8) is 0 Å². The monoisotopic (exact) mass is 456 g/mol. The number of hydrogen-bond acceptors (Lipinski definition) is 2. The molecular weight excluding hydrogens is 412 g/mol. The second-order valence-corrected chi connectivity index (χ2v) is 10.1. The summed E-state index contributed by atoms with van der Waals surface area (Å²) in [6, 6.07) is 0. The standard InChI is InChI=1S/C32H44N2/c1-17(15-19(3)33-31-27(11)23(7)21(5)24(8)28(31)12)18(2)16-20(4)34-32-29(13)25(9)22(6)26(10)30(32)14/h15-16H,1-14H3. The molecule has 0 amide bonds. The van der Waals surface area contributed by atoms with E-state index in [1.807, 2.05) is 0 Å². The Morgan fingerprint density at radius 2 is 0.588 bits per heavy atom. The lowest BCUT2D eigenvalue weighted by molar-refractivity contribution is 1.16. The first-order valence-electron chi connectivity index (χ1n) is 12.3. The van der Waals surface area contributed by atoms with Gasteiger partial charge in [0, 0.05) is 11.4 Å². The van der Waals surface area contributed by atoms with Crippen molar-refractivity contribution >= 4 is 22.8 Å². The Bertz CT molecular complexity index is 1100. The summed E-state index contributed by atoms with van der Waals surface area (Å²) < 4.78 is 0. The number of nitrogens with zero attached hydrogens (tertiary/aromatic N) is 2. The third-order valence-corrected chi connectivity index (χ3v) is 7.97. The quantitative estimate of drug-likeness (QED) is 0.316. The zero-order valence-electron chi connectivity index (χ0n) is 24.0. The van der Waals surface area contributed by atoms with Crippen LogP contribution in [0.25, 0.3) is 0 Å². The van der Waals surface area contributed by atoms with E-state index in [1.54, 1.807) is 0 Å². The molecule has 0 atom stereocenters. The van der Waals surface area contributed by atoms with Crippen LogP contribution < -0.4 is 0 Å². The lowest BCUT2D eigenvalue weighted by Gasteiger charge is -2.16. The third kappa shape index (κ3) is 5.49. The van der Waals surface area contributed by atoms with E-state index in [-0.39, 0.29) is 0 Å². The van der Waals surface area contributed by atoms with Crippen molar-refractivity contribution < 1.29 is 0 Å². The predicted octanol–water partition coefficient (Wildman–Crippen LogP) is 9.55. The molecule has 0 bridgehead atoms. The molecule has 0 N–H and O–H groups in total. The van der Waals surface area contributed by atoms with Gasteiger partial charge in [-0.3, -0.25) is 9.98 Å². The first kappa shape index (κ1) is 27.5. The summed E-state index contributed by atoms with van der Waals surface area (Å²) in [5, 5.41) is 0. The molecule has 0 heterocycles. The molecule has 182 valence electrons. The van der Waals surface area contributed by atoms with Crippen LogP contribution in [0.3, 0.4) is 0 Å². The average molecular weight is 457 g/mol. The summed E-state index contributed by atoms with van der Waals surface area (Å²) in [4.78, 5) is 10.0. The zero-order chi connectivity index (χ0) is 26.1. The van der Waals surface area contributed by atoms with Crippen LogP contribution in [0.4, 0.5) is 11.4 Å². The molecule has 0 saturated heterocycles. The minimum absolute atomic E-state index is 1.02. The van der Waals surface area contributed by atoms with Gasteiger partial charge in [0.1, 0.15) is 0 Å². The van der Waals surface area contributed by atoms with Gasteiger partial charge < -0.3 is 0 Å². The molecule has 0 spiro atoms. The second kappa shape index (κ2) is 10.7. The Morgan fingerprint density at radius 3 is 0.824 bits per heavy atom. The molecular formula is C32H44N2. The Kier molecular flexibility index (Phi) is 8.64. The van der Waals surface area contributed by atoms with Crippen LogP contribution in [0.15, 0.2) is 33.3 Å². The van der Waals surface area contributed by atoms with E-state index < -0.39 is 0 Å². The van der Waals surface area contributed by atoms with E-state index in [9.17, 15) is 0 Å². The molecule has 2 rings (SSSR count). The minimum atomic E-state index is 1.02. The van der Waals surface area contributed by atoms with Crippen LogP contribution in [0.2, 0.25) is 0 Å². The van der Waals surface area contributed by atoms with E-state index in [2.05, 4.69) is 109 Å². The SMILES string of the molecule is CC(=CC(C)=Nc1c(C)c(C)c(C)c(C)c1C)C(C)=CC(C)=Nc1c(C)c(C)c(C)c(C)c1C. The zero-order valence-corrected chi connectivity index (χ0v) is 24.0. The van der Waals surface area contributed by atoms with Crippen LogP contribution in [-0.4, -0.2) is 11.4 Å². The molecule has 0 fully saturated rings. The van der Waals surface area contributed by atoms with Crippen LogP contribution in [0, 0.1) is 69.2 Å². The normalized spacial score (nSPS) is 13.7. The van der Waals surface area contributed by atoms with Gasteiger partial charge in [0.05, 0.1) is 11.4 Å².